The third kappa shape index (κ3) is 4.10. The molecule has 1 aliphatic heterocycles. The molecule has 1 unspecified atom stereocenters. The van der Waals surface area contributed by atoms with Crippen molar-refractivity contribution >= 4 is 0 Å². The van der Waals surface area contributed by atoms with Gasteiger partial charge in [-0.3, -0.25) is 4.98 Å². The predicted molar refractivity (Wildman–Crippen MR) is 71.1 cm³/mol. The van der Waals surface area contributed by atoms with E-state index in [0.717, 1.165) is 19.5 Å². The number of nitrogens with zero attached hydrogens (tertiary/aromatic N) is 2. The lowest BCUT2D eigenvalue weighted by Crippen LogP contribution is -2.46. The van der Waals surface area contributed by atoms with Crippen LogP contribution in [0.1, 0.15) is 25.5 Å². The van der Waals surface area contributed by atoms with Crippen LogP contribution in [-0.4, -0.2) is 42.1 Å². The summed E-state index contributed by atoms with van der Waals surface area (Å²) >= 11 is 0. The molecule has 3 nitrogen and oxygen atoms in total. The molecular formula is C14H23N3. The average Bonchev–Trinajstić information content (AvgIpc) is 2.39. The fourth-order valence-electron chi connectivity index (χ4n) is 2.53. The molecule has 2 heterocycles. The highest BCUT2D eigenvalue weighted by Gasteiger charge is 2.18. The zero-order valence-electron chi connectivity index (χ0n) is 10.7. The first-order valence-electron chi connectivity index (χ1n) is 6.74. The lowest BCUT2D eigenvalue weighted by atomic mass is 10.1. The van der Waals surface area contributed by atoms with Gasteiger partial charge in [0.2, 0.25) is 0 Å². The first kappa shape index (κ1) is 12.5. The van der Waals surface area contributed by atoms with Crippen molar-refractivity contribution in [2.75, 3.05) is 26.2 Å². The van der Waals surface area contributed by atoms with Gasteiger partial charge in [-0.2, -0.15) is 0 Å². The van der Waals surface area contributed by atoms with E-state index in [1.165, 1.54) is 31.6 Å². The Bertz CT molecular complexity index is 311. The molecule has 1 N–H and O–H groups in total. The number of pyridine rings is 1. The van der Waals surface area contributed by atoms with E-state index in [4.69, 9.17) is 0 Å². The predicted octanol–water partition coefficient (Wildman–Crippen LogP) is 1.70. The third-order valence-corrected chi connectivity index (χ3v) is 3.41. The van der Waals surface area contributed by atoms with Crippen molar-refractivity contribution in [2.24, 2.45) is 0 Å². The van der Waals surface area contributed by atoms with Crippen LogP contribution in [0.5, 0.6) is 0 Å². The van der Waals surface area contributed by atoms with Crippen molar-refractivity contribution in [3.63, 3.8) is 0 Å². The molecule has 0 saturated carbocycles. The molecule has 0 amide bonds. The van der Waals surface area contributed by atoms with Gasteiger partial charge in [0.25, 0.3) is 0 Å². The molecule has 1 atom stereocenters. The highest BCUT2D eigenvalue weighted by atomic mass is 15.2. The molecule has 1 saturated heterocycles. The van der Waals surface area contributed by atoms with E-state index in [1.54, 1.807) is 0 Å². The third-order valence-electron chi connectivity index (χ3n) is 3.41. The van der Waals surface area contributed by atoms with Gasteiger partial charge in [-0.25, -0.2) is 0 Å². The van der Waals surface area contributed by atoms with Gasteiger partial charge in [0.1, 0.15) is 0 Å². The second-order valence-corrected chi connectivity index (χ2v) is 4.77. The molecular weight excluding hydrogens is 210 g/mol. The Morgan fingerprint density at radius 3 is 3.18 bits per heavy atom. The fraction of sp³-hybridized carbons (Fsp3) is 0.643. The molecule has 94 valence electrons. The number of hydrogen-bond acceptors (Lipinski definition) is 3. The Labute approximate surface area is 104 Å². The summed E-state index contributed by atoms with van der Waals surface area (Å²) in [6.07, 6.45) is 5.60. The first-order valence-corrected chi connectivity index (χ1v) is 6.74. The highest BCUT2D eigenvalue weighted by Crippen LogP contribution is 2.10. The number of rotatable bonds is 5. The lowest BCUT2D eigenvalue weighted by Gasteiger charge is -2.33. The first-order chi connectivity index (χ1) is 8.38. The van der Waals surface area contributed by atoms with Crippen LogP contribution in [0.2, 0.25) is 0 Å². The fourth-order valence-corrected chi connectivity index (χ4v) is 2.53. The van der Waals surface area contributed by atoms with E-state index in [2.05, 4.69) is 34.3 Å². The Hall–Kier alpha value is -0.930. The Morgan fingerprint density at radius 2 is 2.41 bits per heavy atom. The van der Waals surface area contributed by atoms with Crippen molar-refractivity contribution in [3.05, 3.63) is 30.1 Å². The van der Waals surface area contributed by atoms with Crippen molar-refractivity contribution in [2.45, 2.75) is 32.2 Å². The van der Waals surface area contributed by atoms with Crippen LogP contribution in [0.4, 0.5) is 0 Å². The van der Waals surface area contributed by atoms with Crippen molar-refractivity contribution in [1.82, 2.24) is 15.2 Å². The number of aromatic nitrogens is 1. The molecule has 0 radical (unpaired) electrons. The van der Waals surface area contributed by atoms with Crippen molar-refractivity contribution in [1.29, 1.82) is 0 Å². The summed E-state index contributed by atoms with van der Waals surface area (Å²) in [6, 6.07) is 6.86. The van der Waals surface area contributed by atoms with Crippen molar-refractivity contribution < 1.29 is 0 Å². The molecule has 3 heteroatoms. The molecule has 0 aliphatic carbocycles. The standard InChI is InChI=1S/C14H23N3/c1-2-15-14-7-5-10-17(12-14)11-8-13-6-3-4-9-16-13/h3-4,6,9,14-15H,2,5,7-8,10-12H2,1H3. The van der Waals surface area contributed by atoms with E-state index in [0.29, 0.717) is 6.04 Å². The van der Waals surface area contributed by atoms with Crippen LogP contribution in [0.25, 0.3) is 0 Å². The van der Waals surface area contributed by atoms with E-state index >= 15 is 0 Å². The van der Waals surface area contributed by atoms with E-state index in [-0.39, 0.29) is 0 Å². The number of hydrogen-bond donors (Lipinski definition) is 1. The van der Waals surface area contributed by atoms with Crippen LogP contribution >= 0.6 is 0 Å². The molecule has 2 rings (SSSR count). The Kier molecular flexibility index (Phi) is 4.95. The van der Waals surface area contributed by atoms with Gasteiger partial charge in [0, 0.05) is 37.4 Å². The number of piperidine rings is 1. The molecule has 1 aromatic rings. The maximum Gasteiger partial charge on any atom is 0.0416 e. The quantitative estimate of drug-likeness (QED) is 0.839. The van der Waals surface area contributed by atoms with Gasteiger partial charge in [0.05, 0.1) is 0 Å². The molecule has 17 heavy (non-hydrogen) atoms. The van der Waals surface area contributed by atoms with E-state index in [9.17, 15) is 0 Å². The normalized spacial score (nSPS) is 21.6. The summed E-state index contributed by atoms with van der Waals surface area (Å²) in [5, 5.41) is 3.56. The molecule has 1 fully saturated rings. The zero-order chi connectivity index (χ0) is 11.9. The molecule has 1 aromatic heterocycles. The lowest BCUT2D eigenvalue weighted by molar-refractivity contribution is 0.193. The Balaban J connectivity index is 1.75. The van der Waals surface area contributed by atoms with Gasteiger partial charge in [-0.05, 0) is 38.1 Å². The maximum atomic E-state index is 4.38. The summed E-state index contributed by atoms with van der Waals surface area (Å²) in [5.74, 6) is 0. The van der Waals surface area contributed by atoms with Crippen LogP contribution in [0.15, 0.2) is 24.4 Å². The minimum Gasteiger partial charge on any atom is -0.313 e. The summed E-state index contributed by atoms with van der Waals surface area (Å²) in [5.41, 5.74) is 1.21. The molecule has 0 spiro atoms. The van der Waals surface area contributed by atoms with Gasteiger partial charge in [0.15, 0.2) is 0 Å². The Morgan fingerprint density at radius 1 is 1.47 bits per heavy atom. The second kappa shape index (κ2) is 6.72. The minimum absolute atomic E-state index is 0.692. The summed E-state index contributed by atoms with van der Waals surface area (Å²) in [7, 11) is 0. The topological polar surface area (TPSA) is 28.2 Å². The monoisotopic (exact) mass is 233 g/mol. The van der Waals surface area contributed by atoms with Gasteiger partial charge in [-0.15, -0.1) is 0 Å². The summed E-state index contributed by atoms with van der Waals surface area (Å²) in [4.78, 5) is 6.94. The number of nitrogens with one attached hydrogen (secondary N) is 1. The van der Waals surface area contributed by atoms with Crippen LogP contribution in [0, 0.1) is 0 Å². The van der Waals surface area contributed by atoms with Crippen LogP contribution in [-0.2, 0) is 6.42 Å². The summed E-state index contributed by atoms with van der Waals surface area (Å²) in [6.45, 7) is 6.85. The number of likely N-dealkylation sites (N-methyl/N-ethyl adjacent to an activating group) is 1. The van der Waals surface area contributed by atoms with Gasteiger partial charge in [-0.1, -0.05) is 13.0 Å². The molecule has 1 aliphatic rings. The smallest absolute Gasteiger partial charge is 0.0416 e. The van der Waals surface area contributed by atoms with Gasteiger partial charge >= 0.3 is 0 Å². The zero-order valence-corrected chi connectivity index (χ0v) is 10.7. The van der Waals surface area contributed by atoms with Crippen LogP contribution < -0.4 is 5.32 Å². The number of likely N-dealkylation sites (tertiary alicyclic amines) is 1. The SMILES string of the molecule is CCNC1CCCN(CCc2ccccn2)C1. The van der Waals surface area contributed by atoms with Crippen LogP contribution in [0.3, 0.4) is 0 Å². The molecule has 0 bridgehead atoms. The van der Waals surface area contributed by atoms with E-state index < -0.39 is 0 Å². The largest absolute Gasteiger partial charge is 0.313 e. The highest BCUT2D eigenvalue weighted by molar-refractivity contribution is 5.03. The average molecular weight is 233 g/mol. The van der Waals surface area contributed by atoms with Crippen molar-refractivity contribution in [3.8, 4) is 0 Å². The maximum absolute atomic E-state index is 4.38. The van der Waals surface area contributed by atoms with E-state index in [1.807, 2.05) is 12.3 Å². The summed E-state index contributed by atoms with van der Waals surface area (Å²) < 4.78 is 0. The molecule has 0 aromatic carbocycles. The minimum atomic E-state index is 0.692. The van der Waals surface area contributed by atoms with Gasteiger partial charge < -0.3 is 10.2 Å². The second-order valence-electron chi connectivity index (χ2n) is 4.77.